The predicted octanol–water partition coefficient (Wildman–Crippen LogP) is 6.28. The molecule has 0 unspecified atom stereocenters. The van der Waals surface area contributed by atoms with E-state index < -0.39 is 35.3 Å². The number of rotatable bonds is 11. The van der Waals surface area contributed by atoms with Crippen LogP contribution in [0.1, 0.15) is 70.7 Å². The number of aryl methyl sites for hydroxylation is 2. The minimum atomic E-state index is -1.17. The van der Waals surface area contributed by atoms with E-state index in [9.17, 15) is 23.9 Å². The lowest BCUT2D eigenvalue weighted by atomic mass is 9.94. The van der Waals surface area contributed by atoms with Crippen LogP contribution in [0.25, 0.3) is 5.76 Å². The van der Waals surface area contributed by atoms with E-state index in [4.69, 9.17) is 14.2 Å². The molecule has 0 radical (unpaired) electrons. The molecule has 2 heterocycles. The summed E-state index contributed by atoms with van der Waals surface area (Å²) >= 11 is 0.885. The largest absolute Gasteiger partial charge is 0.507 e. The average molecular weight is 597 g/mol. The predicted molar refractivity (Wildman–Crippen MR) is 157 cm³/mol. The molecule has 0 saturated carbocycles. The van der Waals surface area contributed by atoms with Gasteiger partial charge in [-0.3, -0.25) is 14.5 Å². The summed E-state index contributed by atoms with van der Waals surface area (Å²) in [6, 6.07) is 7.84. The van der Waals surface area contributed by atoms with Crippen LogP contribution >= 0.6 is 11.3 Å². The Morgan fingerprint density at radius 3 is 2.50 bits per heavy atom. The summed E-state index contributed by atoms with van der Waals surface area (Å²) in [4.78, 5) is 45.0. The highest BCUT2D eigenvalue weighted by Gasteiger charge is 2.48. The molecule has 222 valence electrons. The number of benzene rings is 2. The highest BCUT2D eigenvalue weighted by Crippen LogP contribution is 2.45. The van der Waals surface area contributed by atoms with Crippen molar-refractivity contribution in [2.24, 2.45) is 0 Å². The molecule has 1 aliphatic rings. The Morgan fingerprint density at radius 1 is 1.07 bits per heavy atom. The second-order valence-corrected chi connectivity index (χ2v) is 10.8. The normalized spacial score (nSPS) is 16.1. The number of carbonyl (C=O) groups is 3. The Labute approximate surface area is 247 Å². The third-order valence-electron chi connectivity index (χ3n) is 7.01. The molecular weight excluding hydrogens is 563 g/mol. The number of nitrogens with zero attached hydrogens (tertiary/aromatic N) is 2. The number of ether oxygens (including phenoxy) is 3. The standard InChI is InChI=1S/C31H33FN2O7S/c1-6-7-8-9-14-41-22-13-12-19(16-23(22)39-4)25-24(26(35)20-11-10-17(2)21(32)15-20)27(36)29(37)34(25)31-33-18(3)28(42-31)30(38)40-5/h10-13,15-16,25,35H,6-9,14H2,1-5H3/t25-/m0/s1. The van der Waals surface area contributed by atoms with Gasteiger partial charge in [0.2, 0.25) is 0 Å². The van der Waals surface area contributed by atoms with Crippen LogP contribution in [0.15, 0.2) is 42.0 Å². The van der Waals surface area contributed by atoms with Gasteiger partial charge in [-0.05, 0) is 49.6 Å². The van der Waals surface area contributed by atoms with Crippen LogP contribution in [-0.2, 0) is 14.3 Å². The Hall–Kier alpha value is -4.25. The van der Waals surface area contributed by atoms with E-state index in [2.05, 4.69) is 11.9 Å². The van der Waals surface area contributed by atoms with Crippen molar-refractivity contribution in [3.63, 3.8) is 0 Å². The Bertz CT molecular complexity index is 1550. The second kappa shape index (κ2) is 13.2. The maximum atomic E-state index is 14.5. The summed E-state index contributed by atoms with van der Waals surface area (Å²) < 4.78 is 30.8. The van der Waals surface area contributed by atoms with Gasteiger partial charge < -0.3 is 19.3 Å². The smallest absolute Gasteiger partial charge is 0.350 e. The molecule has 1 fully saturated rings. The first kappa shape index (κ1) is 30.7. The van der Waals surface area contributed by atoms with Crippen LogP contribution in [0.5, 0.6) is 11.5 Å². The molecule has 42 heavy (non-hydrogen) atoms. The van der Waals surface area contributed by atoms with Crippen molar-refractivity contribution in [1.29, 1.82) is 0 Å². The second-order valence-electron chi connectivity index (χ2n) is 9.86. The monoisotopic (exact) mass is 596 g/mol. The van der Waals surface area contributed by atoms with Gasteiger partial charge in [-0.15, -0.1) is 0 Å². The summed E-state index contributed by atoms with van der Waals surface area (Å²) in [5.74, 6) is -2.87. The fraction of sp³-hybridized carbons (Fsp3) is 0.355. The van der Waals surface area contributed by atoms with Crippen LogP contribution in [0.2, 0.25) is 0 Å². The molecule has 0 aliphatic carbocycles. The number of aromatic nitrogens is 1. The van der Waals surface area contributed by atoms with Crippen molar-refractivity contribution in [1.82, 2.24) is 4.98 Å². The molecule has 1 aromatic heterocycles. The summed E-state index contributed by atoms with van der Waals surface area (Å²) in [7, 11) is 2.70. The van der Waals surface area contributed by atoms with Crippen LogP contribution < -0.4 is 14.4 Å². The molecule has 1 amide bonds. The maximum absolute atomic E-state index is 14.5. The number of aliphatic hydroxyl groups excluding tert-OH is 1. The van der Waals surface area contributed by atoms with Crippen LogP contribution in [-0.4, -0.2) is 48.6 Å². The highest BCUT2D eigenvalue weighted by molar-refractivity contribution is 7.17. The number of hydrogen-bond donors (Lipinski definition) is 1. The Balaban J connectivity index is 1.85. The van der Waals surface area contributed by atoms with E-state index in [1.165, 1.54) is 26.4 Å². The van der Waals surface area contributed by atoms with E-state index in [1.54, 1.807) is 32.0 Å². The van der Waals surface area contributed by atoms with Crippen molar-refractivity contribution in [3.8, 4) is 11.5 Å². The van der Waals surface area contributed by atoms with Crippen LogP contribution in [0.4, 0.5) is 9.52 Å². The number of Topliss-reactive ketones (excluding diaryl/α,β-unsaturated/α-hetero) is 1. The maximum Gasteiger partial charge on any atom is 0.350 e. The number of methoxy groups -OCH3 is 2. The zero-order valence-corrected chi connectivity index (χ0v) is 25.0. The number of anilines is 1. The average Bonchev–Trinajstić information content (AvgIpc) is 3.49. The van der Waals surface area contributed by atoms with E-state index in [1.807, 2.05) is 0 Å². The number of hydrogen-bond acceptors (Lipinski definition) is 9. The van der Waals surface area contributed by atoms with Crippen molar-refractivity contribution >= 4 is 39.9 Å². The molecule has 3 aromatic rings. The van der Waals surface area contributed by atoms with E-state index in [0.717, 1.165) is 48.0 Å². The number of unbranched alkanes of at least 4 members (excludes halogenated alkanes) is 3. The molecule has 1 saturated heterocycles. The van der Waals surface area contributed by atoms with Gasteiger partial charge in [0, 0.05) is 5.56 Å². The molecular formula is C31H33FN2O7S. The molecule has 1 atom stereocenters. The molecule has 9 nitrogen and oxygen atoms in total. The first-order chi connectivity index (χ1) is 20.1. The first-order valence-electron chi connectivity index (χ1n) is 13.6. The quantitative estimate of drug-likeness (QED) is 0.0904. The van der Waals surface area contributed by atoms with E-state index >= 15 is 0 Å². The molecule has 11 heteroatoms. The van der Waals surface area contributed by atoms with Crippen LogP contribution in [0, 0.1) is 19.7 Å². The van der Waals surface area contributed by atoms with E-state index in [-0.39, 0.29) is 21.1 Å². The zero-order valence-electron chi connectivity index (χ0n) is 24.2. The summed E-state index contributed by atoms with van der Waals surface area (Å²) in [6.07, 6.45) is 4.12. The van der Waals surface area contributed by atoms with Crippen LogP contribution in [0.3, 0.4) is 0 Å². The summed E-state index contributed by atoms with van der Waals surface area (Å²) in [6.45, 7) is 5.77. The first-order valence-corrected chi connectivity index (χ1v) is 14.4. The zero-order chi connectivity index (χ0) is 30.6. The molecule has 2 aromatic carbocycles. The van der Waals surface area contributed by atoms with Gasteiger partial charge in [0.15, 0.2) is 16.6 Å². The number of ketones is 1. The minimum absolute atomic E-state index is 0.0330. The van der Waals surface area contributed by atoms with Crippen molar-refractivity contribution in [2.75, 3.05) is 25.7 Å². The number of aliphatic hydroxyl groups is 1. The van der Waals surface area contributed by atoms with Crippen molar-refractivity contribution < 1.29 is 38.1 Å². The third kappa shape index (κ3) is 6.01. The van der Waals surface area contributed by atoms with Gasteiger partial charge in [0.05, 0.1) is 38.1 Å². The lowest BCUT2D eigenvalue weighted by Crippen LogP contribution is -2.29. The van der Waals surface area contributed by atoms with Crippen molar-refractivity contribution in [2.45, 2.75) is 52.5 Å². The lowest BCUT2D eigenvalue weighted by molar-refractivity contribution is -0.132. The molecule has 1 N–H and O–H groups in total. The molecule has 1 aliphatic heterocycles. The number of carbonyl (C=O) groups excluding carboxylic acids is 3. The SMILES string of the molecule is CCCCCCOc1ccc([C@H]2C(=C(O)c3ccc(C)c(F)c3)C(=O)C(=O)N2c2nc(C)c(C(=O)OC)s2)cc1OC. The fourth-order valence-electron chi connectivity index (χ4n) is 4.69. The van der Waals surface area contributed by atoms with E-state index in [0.29, 0.717) is 34.9 Å². The van der Waals surface area contributed by atoms with Gasteiger partial charge in [-0.1, -0.05) is 55.7 Å². The van der Waals surface area contributed by atoms with Crippen molar-refractivity contribution in [3.05, 3.63) is 75.0 Å². The number of esters is 1. The lowest BCUT2D eigenvalue weighted by Gasteiger charge is -2.24. The number of amides is 1. The van der Waals surface area contributed by atoms with Gasteiger partial charge in [-0.2, -0.15) is 0 Å². The topological polar surface area (TPSA) is 115 Å². The number of thiazole rings is 1. The Morgan fingerprint density at radius 2 is 1.83 bits per heavy atom. The molecule has 0 bridgehead atoms. The Kier molecular flexibility index (Phi) is 9.62. The summed E-state index contributed by atoms with van der Waals surface area (Å²) in [5, 5.41) is 11.4. The van der Waals surface area contributed by atoms with Gasteiger partial charge in [0.25, 0.3) is 5.78 Å². The molecule has 0 spiro atoms. The number of halogens is 1. The fourth-order valence-corrected chi connectivity index (χ4v) is 5.70. The third-order valence-corrected chi connectivity index (χ3v) is 8.15. The van der Waals surface area contributed by atoms with Gasteiger partial charge in [0.1, 0.15) is 16.5 Å². The van der Waals surface area contributed by atoms with Gasteiger partial charge >= 0.3 is 11.9 Å². The highest BCUT2D eigenvalue weighted by atomic mass is 32.1. The van der Waals surface area contributed by atoms with Gasteiger partial charge in [-0.25, -0.2) is 14.2 Å². The minimum Gasteiger partial charge on any atom is -0.507 e. The molecule has 4 rings (SSSR count). The summed E-state index contributed by atoms with van der Waals surface area (Å²) in [5.41, 5.74) is 0.849.